The molecule has 1 N–H and O–H groups in total. The van der Waals surface area contributed by atoms with Crippen molar-refractivity contribution in [2.75, 3.05) is 18.4 Å². The standard InChI is InChI=1S/C21H27N3O/c1-21(2,3)16-9-11-17(12-10-16)23-20(25)15-24-14-6-8-19(24)18-7-4-5-13-22-18/h4-5,7,9-13,19H,6,8,14-15H2,1-3H3,(H,23,25)/t19-/m0/s1. The zero-order valence-corrected chi connectivity index (χ0v) is 15.3. The average molecular weight is 337 g/mol. The first-order valence-electron chi connectivity index (χ1n) is 8.99. The smallest absolute Gasteiger partial charge is 0.238 e. The van der Waals surface area contributed by atoms with Gasteiger partial charge in [-0.1, -0.05) is 39.0 Å². The summed E-state index contributed by atoms with van der Waals surface area (Å²) in [4.78, 5) is 19.1. The van der Waals surface area contributed by atoms with Gasteiger partial charge in [0.25, 0.3) is 0 Å². The molecule has 1 fully saturated rings. The number of likely N-dealkylation sites (tertiary alicyclic amines) is 1. The van der Waals surface area contributed by atoms with E-state index in [9.17, 15) is 4.79 Å². The third-order valence-electron chi connectivity index (χ3n) is 4.77. The number of carbonyl (C=O) groups is 1. The molecule has 4 nitrogen and oxygen atoms in total. The molecule has 0 saturated carbocycles. The summed E-state index contributed by atoms with van der Waals surface area (Å²) in [7, 11) is 0. The molecule has 2 aromatic rings. The summed E-state index contributed by atoms with van der Waals surface area (Å²) in [5.74, 6) is 0.0336. The summed E-state index contributed by atoms with van der Waals surface area (Å²) >= 11 is 0. The van der Waals surface area contributed by atoms with E-state index in [1.54, 1.807) is 0 Å². The maximum Gasteiger partial charge on any atom is 0.238 e. The van der Waals surface area contributed by atoms with E-state index in [2.05, 4.69) is 48.1 Å². The van der Waals surface area contributed by atoms with E-state index in [1.807, 2.05) is 36.5 Å². The van der Waals surface area contributed by atoms with Crippen LogP contribution in [0.1, 0.15) is 50.9 Å². The third kappa shape index (κ3) is 4.45. The van der Waals surface area contributed by atoms with Crippen LogP contribution >= 0.6 is 0 Å². The molecule has 1 aromatic carbocycles. The Morgan fingerprint density at radius 3 is 2.60 bits per heavy atom. The summed E-state index contributed by atoms with van der Waals surface area (Å²) in [6.45, 7) is 7.91. The van der Waals surface area contributed by atoms with Crippen molar-refractivity contribution in [3.05, 3.63) is 59.9 Å². The Balaban J connectivity index is 1.60. The van der Waals surface area contributed by atoms with Crippen molar-refractivity contribution < 1.29 is 4.79 Å². The lowest BCUT2D eigenvalue weighted by atomic mass is 9.87. The molecule has 1 saturated heterocycles. The van der Waals surface area contributed by atoms with Crippen LogP contribution in [0.25, 0.3) is 0 Å². The van der Waals surface area contributed by atoms with Crippen LogP contribution in [0.2, 0.25) is 0 Å². The molecule has 0 aliphatic carbocycles. The number of aromatic nitrogens is 1. The van der Waals surface area contributed by atoms with Gasteiger partial charge in [-0.3, -0.25) is 14.7 Å². The molecule has 3 rings (SSSR count). The highest BCUT2D eigenvalue weighted by Gasteiger charge is 2.28. The van der Waals surface area contributed by atoms with Gasteiger partial charge in [0.05, 0.1) is 18.3 Å². The number of hydrogen-bond donors (Lipinski definition) is 1. The van der Waals surface area contributed by atoms with E-state index in [0.29, 0.717) is 6.54 Å². The number of benzene rings is 1. The van der Waals surface area contributed by atoms with Crippen molar-refractivity contribution in [1.29, 1.82) is 0 Å². The van der Waals surface area contributed by atoms with Gasteiger partial charge < -0.3 is 5.32 Å². The fraction of sp³-hybridized carbons (Fsp3) is 0.429. The minimum Gasteiger partial charge on any atom is -0.325 e. The Morgan fingerprint density at radius 1 is 1.20 bits per heavy atom. The van der Waals surface area contributed by atoms with Crippen molar-refractivity contribution in [2.45, 2.75) is 45.1 Å². The van der Waals surface area contributed by atoms with Gasteiger partial charge in [-0.15, -0.1) is 0 Å². The van der Waals surface area contributed by atoms with Crippen molar-refractivity contribution >= 4 is 11.6 Å². The SMILES string of the molecule is CC(C)(C)c1ccc(NC(=O)CN2CCC[C@H]2c2ccccn2)cc1. The van der Waals surface area contributed by atoms with E-state index < -0.39 is 0 Å². The average Bonchev–Trinajstić information content (AvgIpc) is 3.03. The van der Waals surface area contributed by atoms with E-state index in [0.717, 1.165) is 30.8 Å². The van der Waals surface area contributed by atoms with Crippen molar-refractivity contribution in [3.63, 3.8) is 0 Å². The van der Waals surface area contributed by atoms with Gasteiger partial charge >= 0.3 is 0 Å². The van der Waals surface area contributed by atoms with Crippen LogP contribution in [0.15, 0.2) is 48.7 Å². The number of rotatable bonds is 4. The van der Waals surface area contributed by atoms with Crippen LogP contribution in [0.5, 0.6) is 0 Å². The fourth-order valence-electron chi connectivity index (χ4n) is 3.36. The highest BCUT2D eigenvalue weighted by atomic mass is 16.2. The highest BCUT2D eigenvalue weighted by molar-refractivity contribution is 5.92. The molecule has 0 bridgehead atoms. The van der Waals surface area contributed by atoms with Crippen molar-refractivity contribution in [3.8, 4) is 0 Å². The fourth-order valence-corrected chi connectivity index (χ4v) is 3.36. The monoisotopic (exact) mass is 337 g/mol. The van der Waals surface area contributed by atoms with Crippen LogP contribution in [-0.2, 0) is 10.2 Å². The summed E-state index contributed by atoms with van der Waals surface area (Å²) in [6.07, 6.45) is 3.99. The topological polar surface area (TPSA) is 45.2 Å². The molecule has 4 heteroatoms. The van der Waals surface area contributed by atoms with Gasteiger partial charge in [-0.25, -0.2) is 0 Å². The zero-order valence-electron chi connectivity index (χ0n) is 15.3. The number of hydrogen-bond acceptors (Lipinski definition) is 3. The molecule has 1 atom stereocenters. The number of nitrogens with one attached hydrogen (secondary N) is 1. The Morgan fingerprint density at radius 2 is 1.96 bits per heavy atom. The molecular formula is C21H27N3O. The lowest BCUT2D eigenvalue weighted by Crippen LogP contribution is -2.33. The number of carbonyl (C=O) groups excluding carboxylic acids is 1. The predicted molar refractivity (Wildman–Crippen MR) is 102 cm³/mol. The van der Waals surface area contributed by atoms with E-state index in [4.69, 9.17) is 0 Å². The lowest BCUT2D eigenvalue weighted by molar-refractivity contribution is -0.117. The molecule has 2 heterocycles. The normalized spacial score (nSPS) is 18.3. The van der Waals surface area contributed by atoms with E-state index in [1.165, 1.54) is 5.56 Å². The van der Waals surface area contributed by atoms with Crippen LogP contribution < -0.4 is 5.32 Å². The minimum atomic E-state index is 0.0336. The molecule has 25 heavy (non-hydrogen) atoms. The predicted octanol–water partition coefficient (Wildman–Crippen LogP) is 4.15. The maximum atomic E-state index is 12.5. The first kappa shape index (κ1) is 17.6. The molecule has 0 unspecified atom stereocenters. The first-order valence-corrected chi connectivity index (χ1v) is 8.99. The van der Waals surface area contributed by atoms with Gasteiger partial charge in [0.15, 0.2) is 0 Å². The van der Waals surface area contributed by atoms with Crippen molar-refractivity contribution in [1.82, 2.24) is 9.88 Å². The Kier molecular flexibility index (Phi) is 5.19. The third-order valence-corrected chi connectivity index (χ3v) is 4.77. The molecule has 1 aliphatic heterocycles. The van der Waals surface area contributed by atoms with Crippen molar-refractivity contribution in [2.24, 2.45) is 0 Å². The molecular weight excluding hydrogens is 310 g/mol. The second kappa shape index (κ2) is 7.36. The van der Waals surface area contributed by atoms with E-state index in [-0.39, 0.29) is 17.4 Å². The van der Waals surface area contributed by atoms with Gasteiger partial charge in [-0.05, 0) is 54.6 Å². The number of pyridine rings is 1. The molecule has 132 valence electrons. The van der Waals surface area contributed by atoms with E-state index >= 15 is 0 Å². The summed E-state index contributed by atoms with van der Waals surface area (Å²) in [5, 5.41) is 3.02. The van der Waals surface area contributed by atoms with Crippen LogP contribution in [-0.4, -0.2) is 28.9 Å². The minimum absolute atomic E-state index is 0.0336. The molecule has 1 aliphatic rings. The second-order valence-corrected chi connectivity index (χ2v) is 7.76. The number of nitrogens with zero attached hydrogens (tertiary/aromatic N) is 2. The van der Waals surface area contributed by atoms with Gasteiger partial charge in [0.1, 0.15) is 0 Å². The number of anilines is 1. The summed E-state index contributed by atoms with van der Waals surface area (Å²) in [5.41, 5.74) is 3.29. The lowest BCUT2D eigenvalue weighted by Gasteiger charge is -2.23. The van der Waals surface area contributed by atoms with Crippen LogP contribution in [0, 0.1) is 0 Å². The highest BCUT2D eigenvalue weighted by Crippen LogP contribution is 2.30. The Bertz CT molecular complexity index is 704. The van der Waals surface area contributed by atoms with Gasteiger partial charge in [0, 0.05) is 11.9 Å². The molecule has 1 aromatic heterocycles. The second-order valence-electron chi connectivity index (χ2n) is 7.76. The quantitative estimate of drug-likeness (QED) is 0.911. The number of amides is 1. The van der Waals surface area contributed by atoms with Crippen LogP contribution in [0.4, 0.5) is 5.69 Å². The Hall–Kier alpha value is -2.20. The zero-order chi connectivity index (χ0) is 17.9. The van der Waals surface area contributed by atoms with Crippen LogP contribution in [0.3, 0.4) is 0 Å². The summed E-state index contributed by atoms with van der Waals surface area (Å²) < 4.78 is 0. The van der Waals surface area contributed by atoms with Gasteiger partial charge in [0.2, 0.25) is 5.91 Å². The molecule has 0 radical (unpaired) electrons. The largest absolute Gasteiger partial charge is 0.325 e. The maximum absolute atomic E-state index is 12.5. The summed E-state index contributed by atoms with van der Waals surface area (Å²) in [6, 6.07) is 14.4. The molecule has 1 amide bonds. The first-order chi connectivity index (χ1) is 11.9. The Labute approximate surface area is 150 Å². The van der Waals surface area contributed by atoms with Gasteiger partial charge in [-0.2, -0.15) is 0 Å². The molecule has 0 spiro atoms.